The molecule has 0 aromatic heterocycles. The van der Waals surface area contributed by atoms with Gasteiger partial charge in [-0.2, -0.15) is 0 Å². The van der Waals surface area contributed by atoms with Gasteiger partial charge in [-0.15, -0.1) is 0 Å². The molecule has 3 rings (SSSR count). The van der Waals surface area contributed by atoms with Crippen LogP contribution in [-0.2, 0) is 11.2 Å². The lowest BCUT2D eigenvalue weighted by atomic mass is 9.74. The summed E-state index contributed by atoms with van der Waals surface area (Å²) >= 11 is 0. The summed E-state index contributed by atoms with van der Waals surface area (Å²) in [5.41, 5.74) is 4.86. The summed E-state index contributed by atoms with van der Waals surface area (Å²) in [4.78, 5) is 2.31. The van der Waals surface area contributed by atoms with E-state index in [4.69, 9.17) is 4.74 Å². The number of rotatable bonds is 0. The van der Waals surface area contributed by atoms with Crippen LogP contribution in [-0.4, -0.2) is 31.9 Å². The average molecular weight is 233 g/mol. The minimum Gasteiger partial charge on any atom is -0.507 e. The van der Waals surface area contributed by atoms with Gasteiger partial charge in [0.25, 0.3) is 0 Å². The number of aryl methyl sites for hydroxylation is 1. The first-order chi connectivity index (χ1) is 8.02. The van der Waals surface area contributed by atoms with E-state index in [2.05, 4.69) is 18.0 Å². The van der Waals surface area contributed by atoms with Gasteiger partial charge < -0.3 is 14.7 Å². The summed E-state index contributed by atoms with van der Waals surface area (Å²) in [6, 6.07) is 2.10. The van der Waals surface area contributed by atoms with Gasteiger partial charge in [-0.1, -0.05) is 0 Å². The Morgan fingerprint density at radius 3 is 2.65 bits per heavy atom. The molecule has 1 aromatic carbocycles. The Hall–Kier alpha value is -1.22. The molecule has 3 nitrogen and oxygen atoms in total. The molecule has 17 heavy (non-hydrogen) atoms. The molecule has 1 fully saturated rings. The predicted octanol–water partition coefficient (Wildman–Crippen LogP) is 2.02. The van der Waals surface area contributed by atoms with Gasteiger partial charge in [0.15, 0.2) is 0 Å². The van der Waals surface area contributed by atoms with Crippen LogP contribution in [0.25, 0.3) is 0 Å². The van der Waals surface area contributed by atoms with Crippen molar-refractivity contribution in [1.29, 1.82) is 0 Å². The van der Waals surface area contributed by atoms with Crippen molar-refractivity contribution in [3.8, 4) is 5.75 Å². The van der Waals surface area contributed by atoms with Gasteiger partial charge in [0.1, 0.15) is 5.75 Å². The van der Waals surface area contributed by atoms with Gasteiger partial charge in [-0.05, 0) is 43.0 Å². The highest BCUT2D eigenvalue weighted by Gasteiger charge is 2.44. The number of hydrogen-bond acceptors (Lipinski definition) is 3. The molecule has 1 N–H and O–H groups in total. The first kappa shape index (κ1) is 10.9. The predicted molar refractivity (Wildman–Crippen MR) is 67.8 cm³/mol. The Labute approximate surface area is 102 Å². The zero-order valence-electron chi connectivity index (χ0n) is 10.7. The van der Waals surface area contributed by atoms with Crippen LogP contribution in [0.15, 0.2) is 6.07 Å². The van der Waals surface area contributed by atoms with Crippen LogP contribution >= 0.6 is 0 Å². The second-order valence-corrected chi connectivity index (χ2v) is 5.69. The fourth-order valence-corrected chi connectivity index (χ4v) is 3.16. The van der Waals surface area contributed by atoms with Crippen LogP contribution < -0.4 is 4.90 Å². The van der Waals surface area contributed by atoms with E-state index in [-0.39, 0.29) is 5.41 Å². The molecule has 2 aliphatic rings. The number of phenolic OH excluding ortho intramolecular Hbond substituents is 1. The molecule has 0 atom stereocenters. The molecule has 0 radical (unpaired) electrons. The first-order valence-electron chi connectivity index (χ1n) is 6.13. The number of ether oxygens (including phenoxy) is 1. The molecule has 0 unspecified atom stereocenters. The SMILES string of the molecule is Cc1cc2c(c(C)c1O)CC1(COC1)CN2C. The van der Waals surface area contributed by atoms with Crippen LogP contribution in [0.3, 0.4) is 0 Å². The summed E-state index contributed by atoms with van der Waals surface area (Å²) in [6.45, 7) is 6.75. The molecule has 0 amide bonds. The number of phenols is 1. The third-order valence-electron chi connectivity index (χ3n) is 4.20. The number of nitrogens with zero attached hydrogens (tertiary/aromatic N) is 1. The molecule has 2 aliphatic heterocycles. The summed E-state index contributed by atoms with van der Waals surface area (Å²) < 4.78 is 5.38. The molecule has 3 heteroatoms. The Morgan fingerprint density at radius 1 is 1.35 bits per heavy atom. The highest BCUT2D eigenvalue weighted by Crippen LogP contribution is 2.44. The third kappa shape index (κ3) is 1.45. The standard InChI is InChI=1S/C14H19NO2/c1-9-4-12-11(10(2)13(9)16)5-14(6-15(12)3)7-17-8-14/h4,16H,5-8H2,1-3H3. The first-order valence-corrected chi connectivity index (χ1v) is 6.13. The van der Waals surface area contributed by atoms with Gasteiger partial charge in [0.2, 0.25) is 0 Å². The van der Waals surface area contributed by atoms with E-state index in [1.165, 1.54) is 11.3 Å². The summed E-state index contributed by atoms with van der Waals surface area (Å²) in [5, 5.41) is 10.1. The van der Waals surface area contributed by atoms with Crippen molar-refractivity contribution >= 4 is 5.69 Å². The molecule has 0 saturated carbocycles. The highest BCUT2D eigenvalue weighted by atomic mass is 16.5. The quantitative estimate of drug-likeness (QED) is 0.744. The minimum absolute atomic E-state index is 0.286. The largest absolute Gasteiger partial charge is 0.507 e. The Bertz CT molecular complexity index is 478. The van der Waals surface area contributed by atoms with Crippen molar-refractivity contribution in [2.45, 2.75) is 20.3 Å². The lowest BCUT2D eigenvalue weighted by Crippen LogP contribution is -2.54. The normalized spacial score (nSPS) is 21.2. The fraction of sp³-hybridized carbons (Fsp3) is 0.571. The highest BCUT2D eigenvalue weighted by molar-refractivity contribution is 5.65. The maximum atomic E-state index is 10.1. The van der Waals surface area contributed by atoms with Crippen LogP contribution in [0, 0.1) is 19.3 Å². The number of anilines is 1. The van der Waals surface area contributed by atoms with Crippen molar-refractivity contribution in [1.82, 2.24) is 0 Å². The van der Waals surface area contributed by atoms with E-state index < -0.39 is 0 Å². The van der Waals surface area contributed by atoms with Crippen molar-refractivity contribution in [3.05, 3.63) is 22.8 Å². The second-order valence-electron chi connectivity index (χ2n) is 5.69. The molecular formula is C14H19NO2. The fourth-order valence-electron chi connectivity index (χ4n) is 3.16. The van der Waals surface area contributed by atoms with E-state index in [0.29, 0.717) is 5.75 Å². The number of aromatic hydroxyl groups is 1. The van der Waals surface area contributed by atoms with E-state index in [1.54, 1.807) is 0 Å². The van der Waals surface area contributed by atoms with Crippen LogP contribution in [0.2, 0.25) is 0 Å². The summed E-state index contributed by atoms with van der Waals surface area (Å²) in [6.07, 6.45) is 1.03. The van der Waals surface area contributed by atoms with Crippen molar-refractivity contribution in [3.63, 3.8) is 0 Å². The Morgan fingerprint density at radius 2 is 2.06 bits per heavy atom. The van der Waals surface area contributed by atoms with Crippen LogP contribution in [0.1, 0.15) is 16.7 Å². The molecule has 2 heterocycles. The number of benzene rings is 1. The average Bonchev–Trinajstić information content (AvgIpc) is 2.25. The van der Waals surface area contributed by atoms with Gasteiger partial charge in [-0.3, -0.25) is 0 Å². The zero-order valence-corrected chi connectivity index (χ0v) is 10.7. The maximum Gasteiger partial charge on any atom is 0.121 e. The van der Waals surface area contributed by atoms with Gasteiger partial charge >= 0.3 is 0 Å². The summed E-state index contributed by atoms with van der Waals surface area (Å²) in [7, 11) is 2.13. The topological polar surface area (TPSA) is 32.7 Å². The molecule has 0 aliphatic carbocycles. The maximum absolute atomic E-state index is 10.1. The van der Waals surface area contributed by atoms with Gasteiger partial charge in [0, 0.05) is 24.7 Å². The lowest BCUT2D eigenvalue weighted by molar-refractivity contribution is -0.108. The van der Waals surface area contributed by atoms with Crippen LogP contribution in [0.4, 0.5) is 5.69 Å². The third-order valence-corrected chi connectivity index (χ3v) is 4.20. The minimum atomic E-state index is 0.286. The smallest absolute Gasteiger partial charge is 0.121 e. The molecular weight excluding hydrogens is 214 g/mol. The Balaban J connectivity index is 2.12. The van der Waals surface area contributed by atoms with Crippen LogP contribution in [0.5, 0.6) is 5.75 Å². The lowest BCUT2D eigenvalue weighted by Gasteiger charge is -2.49. The van der Waals surface area contributed by atoms with Crippen molar-refractivity contribution in [2.24, 2.45) is 5.41 Å². The second kappa shape index (κ2) is 3.39. The molecule has 92 valence electrons. The van der Waals surface area contributed by atoms with E-state index in [0.717, 1.165) is 37.3 Å². The number of hydrogen-bond donors (Lipinski definition) is 1. The zero-order chi connectivity index (χ0) is 12.2. The molecule has 1 saturated heterocycles. The van der Waals surface area contributed by atoms with Crippen molar-refractivity contribution in [2.75, 3.05) is 31.7 Å². The van der Waals surface area contributed by atoms with E-state index >= 15 is 0 Å². The monoisotopic (exact) mass is 233 g/mol. The van der Waals surface area contributed by atoms with Gasteiger partial charge in [-0.25, -0.2) is 0 Å². The van der Waals surface area contributed by atoms with E-state index in [1.807, 2.05) is 13.8 Å². The Kier molecular flexibility index (Phi) is 2.17. The van der Waals surface area contributed by atoms with Crippen molar-refractivity contribution < 1.29 is 9.84 Å². The van der Waals surface area contributed by atoms with E-state index in [9.17, 15) is 5.11 Å². The summed E-state index contributed by atoms with van der Waals surface area (Å²) in [5.74, 6) is 0.453. The molecule has 1 spiro atoms. The molecule has 0 bridgehead atoms. The number of fused-ring (bicyclic) bond motifs is 1. The molecule has 1 aromatic rings. The van der Waals surface area contributed by atoms with Gasteiger partial charge in [0.05, 0.1) is 13.2 Å².